The fourth-order valence-corrected chi connectivity index (χ4v) is 2.81. The van der Waals surface area contributed by atoms with Crippen LogP contribution in [0.25, 0.3) is 0 Å². The summed E-state index contributed by atoms with van der Waals surface area (Å²) in [6.07, 6.45) is 1.35. The predicted octanol–water partition coefficient (Wildman–Crippen LogP) is 1.94. The first kappa shape index (κ1) is 14.0. The molecule has 1 aromatic carbocycles. The summed E-state index contributed by atoms with van der Waals surface area (Å²) < 4.78 is 14.2. The summed E-state index contributed by atoms with van der Waals surface area (Å²) in [5.41, 5.74) is -0.0155. The zero-order chi connectivity index (χ0) is 14.0. The number of nitrogens with one attached hydrogen (secondary N) is 1. The molecule has 0 bridgehead atoms. The van der Waals surface area contributed by atoms with Crippen molar-refractivity contribution >= 4 is 27.7 Å². The Morgan fingerprint density at radius 3 is 2.84 bits per heavy atom. The van der Waals surface area contributed by atoms with Crippen LogP contribution in [0.5, 0.6) is 0 Å². The summed E-state index contributed by atoms with van der Waals surface area (Å²) in [6.45, 7) is 0.470. The highest BCUT2D eigenvalue weighted by Crippen LogP contribution is 2.26. The van der Waals surface area contributed by atoms with Crippen LogP contribution < -0.4 is 5.32 Å². The molecule has 0 radical (unpaired) electrons. The third-order valence-corrected chi connectivity index (χ3v) is 3.90. The third-order valence-electron chi connectivity index (χ3n) is 3.24. The quantitative estimate of drug-likeness (QED) is 0.901. The Hall–Kier alpha value is -1.43. The van der Waals surface area contributed by atoms with Gasteiger partial charge in [0.1, 0.15) is 11.9 Å². The first-order valence-corrected chi connectivity index (χ1v) is 6.82. The highest BCUT2D eigenvalue weighted by molar-refractivity contribution is 9.10. The number of carbonyl (C=O) groups excluding carboxylic acids is 2. The zero-order valence-corrected chi connectivity index (χ0v) is 12.0. The van der Waals surface area contributed by atoms with Crippen LogP contribution in [0.2, 0.25) is 0 Å². The zero-order valence-electron chi connectivity index (χ0n) is 10.5. The smallest absolute Gasteiger partial charge is 0.258 e. The molecule has 1 unspecified atom stereocenters. The molecule has 1 aromatic rings. The average Bonchev–Trinajstić information content (AvgIpc) is 2.86. The van der Waals surface area contributed by atoms with Gasteiger partial charge >= 0.3 is 0 Å². The van der Waals surface area contributed by atoms with E-state index in [1.807, 2.05) is 0 Å². The second-order valence-corrected chi connectivity index (χ2v) is 5.22. The number of nitrogens with zero attached hydrogens (tertiary/aromatic N) is 1. The molecule has 0 aromatic heterocycles. The standard InChI is InChI=1S/C13H14BrFN2O2/c1-16-12(18)10-6-3-7-17(10)13(19)11-8(14)4-2-5-9(11)15/h2,4-5,10H,3,6-7H2,1H3,(H,16,18). The Labute approximate surface area is 119 Å². The molecule has 1 atom stereocenters. The van der Waals surface area contributed by atoms with E-state index in [0.717, 1.165) is 6.42 Å². The molecule has 102 valence electrons. The number of amides is 2. The summed E-state index contributed by atoms with van der Waals surface area (Å²) in [6, 6.07) is 3.87. The maximum absolute atomic E-state index is 13.8. The number of hydrogen-bond donors (Lipinski definition) is 1. The van der Waals surface area contributed by atoms with Crippen LogP contribution in [0.1, 0.15) is 23.2 Å². The Kier molecular flexibility index (Phi) is 4.19. The van der Waals surface area contributed by atoms with E-state index in [1.54, 1.807) is 6.07 Å². The van der Waals surface area contributed by atoms with Gasteiger partial charge in [-0.3, -0.25) is 9.59 Å². The van der Waals surface area contributed by atoms with Crippen molar-refractivity contribution in [2.75, 3.05) is 13.6 Å². The molecule has 1 aliphatic heterocycles. The fourth-order valence-electron chi connectivity index (χ4n) is 2.29. The molecule has 19 heavy (non-hydrogen) atoms. The molecule has 2 amide bonds. The van der Waals surface area contributed by atoms with E-state index in [-0.39, 0.29) is 11.5 Å². The largest absolute Gasteiger partial charge is 0.357 e. The van der Waals surface area contributed by atoms with E-state index >= 15 is 0 Å². The molecule has 1 saturated heterocycles. The third kappa shape index (κ3) is 2.63. The summed E-state index contributed by atoms with van der Waals surface area (Å²) in [4.78, 5) is 25.5. The van der Waals surface area contributed by atoms with Gasteiger partial charge in [0.05, 0.1) is 5.56 Å². The van der Waals surface area contributed by atoms with Crippen molar-refractivity contribution in [3.05, 3.63) is 34.1 Å². The lowest BCUT2D eigenvalue weighted by atomic mass is 10.1. The van der Waals surface area contributed by atoms with E-state index in [4.69, 9.17) is 0 Å². The van der Waals surface area contributed by atoms with Gasteiger partial charge in [-0.05, 0) is 40.9 Å². The van der Waals surface area contributed by atoms with Crippen molar-refractivity contribution in [1.82, 2.24) is 10.2 Å². The normalized spacial score (nSPS) is 18.5. The van der Waals surface area contributed by atoms with Crippen LogP contribution in [0.15, 0.2) is 22.7 Å². The van der Waals surface area contributed by atoms with Crippen molar-refractivity contribution in [3.8, 4) is 0 Å². The van der Waals surface area contributed by atoms with Crippen LogP contribution in [0.4, 0.5) is 4.39 Å². The van der Waals surface area contributed by atoms with E-state index < -0.39 is 17.8 Å². The molecule has 6 heteroatoms. The van der Waals surface area contributed by atoms with Crippen molar-refractivity contribution in [2.24, 2.45) is 0 Å². The number of likely N-dealkylation sites (tertiary alicyclic amines) is 1. The molecule has 0 saturated carbocycles. The molecule has 1 N–H and O–H groups in total. The van der Waals surface area contributed by atoms with Gasteiger partial charge in [-0.1, -0.05) is 6.07 Å². The van der Waals surface area contributed by atoms with E-state index in [9.17, 15) is 14.0 Å². The Morgan fingerprint density at radius 2 is 2.21 bits per heavy atom. The predicted molar refractivity (Wildman–Crippen MR) is 72.2 cm³/mol. The number of likely N-dealkylation sites (N-methyl/N-ethyl adjacent to an activating group) is 1. The number of benzene rings is 1. The molecule has 1 aliphatic rings. The van der Waals surface area contributed by atoms with Crippen molar-refractivity contribution in [1.29, 1.82) is 0 Å². The molecule has 1 heterocycles. The van der Waals surface area contributed by atoms with E-state index in [1.165, 1.54) is 24.1 Å². The molecule has 4 nitrogen and oxygen atoms in total. The summed E-state index contributed by atoms with van der Waals surface area (Å²) in [5.74, 6) is -1.24. The van der Waals surface area contributed by atoms with Crippen LogP contribution in [0.3, 0.4) is 0 Å². The summed E-state index contributed by atoms with van der Waals surface area (Å²) in [5, 5.41) is 2.53. The SMILES string of the molecule is CNC(=O)C1CCCN1C(=O)c1c(F)cccc1Br. The molecule has 2 rings (SSSR count). The van der Waals surface area contributed by atoms with Gasteiger partial charge in [-0.15, -0.1) is 0 Å². The molecule has 1 fully saturated rings. The van der Waals surface area contributed by atoms with Gasteiger partial charge in [0.15, 0.2) is 0 Å². The van der Waals surface area contributed by atoms with E-state index in [2.05, 4.69) is 21.2 Å². The number of carbonyl (C=O) groups is 2. The second-order valence-electron chi connectivity index (χ2n) is 4.37. The van der Waals surface area contributed by atoms with Gasteiger partial charge in [0.2, 0.25) is 5.91 Å². The molecular weight excluding hydrogens is 315 g/mol. The highest BCUT2D eigenvalue weighted by Gasteiger charge is 2.35. The maximum Gasteiger partial charge on any atom is 0.258 e. The second kappa shape index (κ2) is 5.69. The minimum absolute atomic E-state index is 0.0155. The average molecular weight is 329 g/mol. The highest BCUT2D eigenvalue weighted by atomic mass is 79.9. The Balaban J connectivity index is 2.31. The first-order valence-electron chi connectivity index (χ1n) is 6.03. The van der Waals surface area contributed by atoms with E-state index in [0.29, 0.717) is 17.4 Å². The van der Waals surface area contributed by atoms with Gasteiger partial charge in [-0.2, -0.15) is 0 Å². The molecular formula is C13H14BrFN2O2. The van der Waals surface area contributed by atoms with Crippen LogP contribution >= 0.6 is 15.9 Å². The van der Waals surface area contributed by atoms with Gasteiger partial charge in [-0.25, -0.2) is 4.39 Å². The topological polar surface area (TPSA) is 49.4 Å². The van der Waals surface area contributed by atoms with Crippen LogP contribution in [0, 0.1) is 5.82 Å². The number of rotatable bonds is 2. The molecule has 0 spiro atoms. The lowest BCUT2D eigenvalue weighted by Gasteiger charge is -2.24. The van der Waals surface area contributed by atoms with Crippen molar-refractivity contribution in [3.63, 3.8) is 0 Å². The Bertz CT molecular complexity index is 501. The fraction of sp³-hybridized carbons (Fsp3) is 0.385. The minimum Gasteiger partial charge on any atom is -0.357 e. The monoisotopic (exact) mass is 328 g/mol. The number of halogens is 2. The first-order chi connectivity index (χ1) is 9.06. The van der Waals surface area contributed by atoms with Gasteiger partial charge in [0.25, 0.3) is 5.91 Å². The van der Waals surface area contributed by atoms with Gasteiger partial charge < -0.3 is 10.2 Å². The van der Waals surface area contributed by atoms with Crippen LogP contribution in [-0.4, -0.2) is 36.3 Å². The van der Waals surface area contributed by atoms with Gasteiger partial charge in [0, 0.05) is 18.1 Å². The lowest BCUT2D eigenvalue weighted by Crippen LogP contribution is -2.45. The van der Waals surface area contributed by atoms with Crippen LogP contribution in [-0.2, 0) is 4.79 Å². The van der Waals surface area contributed by atoms with Crippen molar-refractivity contribution in [2.45, 2.75) is 18.9 Å². The Morgan fingerprint density at radius 1 is 1.47 bits per heavy atom. The summed E-state index contributed by atoms with van der Waals surface area (Å²) in [7, 11) is 1.53. The maximum atomic E-state index is 13.8. The number of hydrogen-bond acceptors (Lipinski definition) is 2. The van der Waals surface area contributed by atoms with Crippen molar-refractivity contribution < 1.29 is 14.0 Å². The molecule has 0 aliphatic carbocycles. The summed E-state index contributed by atoms with van der Waals surface area (Å²) >= 11 is 3.18. The lowest BCUT2D eigenvalue weighted by molar-refractivity contribution is -0.124. The minimum atomic E-state index is -0.582.